The molecule has 27 heavy (non-hydrogen) atoms. The summed E-state index contributed by atoms with van der Waals surface area (Å²) >= 11 is 1.64. The lowest BCUT2D eigenvalue weighted by molar-refractivity contribution is -0.152. The van der Waals surface area contributed by atoms with E-state index < -0.39 is 11.6 Å². The predicted molar refractivity (Wildman–Crippen MR) is 109 cm³/mol. The molecule has 2 atom stereocenters. The van der Waals surface area contributed by atoms with Crippen molar-refractivity contribution in [3.8, 4) is 5.75 Å². The molecular weight excluding hydrogens is 360 g/mol. The van der Waals surface area contributed by atoms with Gasteiger partial charge in [0.2, 0.25) is 0 Å². The second-order valence-corrected chi connectivity index (χ2v) is 8.04. The Labute approximate surface area is 164 Å². The van der Waals surface area contributed by atoms with Crippen LogP contribution in [0.4, 0.5) is 0 Å². The predicted octanol–water partition coefficient (Wildman–Crippen LogP) is 5.27. The van der Waals surface area contributed by atoms with Gasteiger partial charge in [-0.15, -0.1) is 11.8 Å². The van der Waals surface area contributed by atoms with Crippen molar-refractivity contribution in [2.24, 2.45) is 5.92 Å². The Hall–Kier alpha value is -2.27. The summed E-state index contributed by atoms with van der Waals surface area (Å²) in [7, 11) is 0. The van der Waals surface area contributed by atoms with Crippen LogP contribution in [0.15, 0.2) is 53.4 Å². The van der Waals surface area contributed by atoms with Crippen LogP contribution in [0.2, 0.25) is 0 Å². The zero-order valence-corrected chi connectivity index (χ0v) is 17.2. The van der Waals surface area contributed by atoms with E-state index in [1.807, 2.05) is 62.6 Å². The summed E-state index contributed by atoms with van der Waals surface area (Å²) in [5.74, 6) is -0.705. The number of rotatable bonds is 8. The average molecular weight is 387 g/mol. The van der Waals surface area contributed by atoms with E-state index in [4.69, 9.17) is 4.74 Å². The first kappa shape index (κ1) is 21.0. The zero-order chi connectivity index (χ0) is 20.2. The maximum absolute atomic E-state index is 12.8. The fourth-order valence-electron chi connectivity index (χ4n) is 2.73. The lowest BCUT2D eigenvalue weighted by Crippen LogP contribution is -2.37. The minimum atomic E-state index is -1.32. The lowest BCUT2D eigenvalue weighted by atomic mass is 9.84. The maximum Gasteiger partial charge on any atom is 0.347 e. The number of carboxylic acids is 1. The highest BCUT2D eigenvalue weighted by Crippen LogP contribution is 2.30. The van der Waals surface area contributed by atoms with E-state index >= 15 is 0 Å². The minimum Gasteiger partial charge on any atom is -0.478 e. The molecule has 0 saturated heterocycles. The fourth-order valence-corrected chi connectivity index (χ4v) is 3.14. The number of carbonyl (C=O) groups is 2. The summed E-state index contributed by atoms with van der Waals surface area (Å²) in [5, 5.41) is 9.23. The number of Topliss-reactive ketones (excluding diaryl/α,β-unsaturated/α-hetero) is 1. The number of hydrogen-bond donors (Lipinski definition) is 1. The van der Waals surface area contributed by atoms with Crippen molar-refractivity contribution >= 4 is 23.5 Å². The number of benzene rings is 2. The number of ether oxygens (including phenoxy) is 1. The number of carboxylic acid groups (broad SMARTS) is 1. The molecule has 0 aliphatic heterocycles. The molecule has 0 radical (unpaired) electrons. The topological polar surface area (TPSA) is 63.6 Å². The summed E-state index contributed by atoms with van der Waals surface area (Å²) in [6.07, 6.45) is 2.00. The standard InChI is InChI=1S/C22H26O4S/c1-14(15(2)20(23)16-9-11-19(27-5)12-10-16)17-7-6-8-18(13-17)26-22(3,4)21(24)25/h6-15H,1-5H3,(H,24,25). The van der Waals surface area contributed by atoms with Gasteiger partial charge in [-0.2, -0.15) is 0 Å². The van der Waals surface area contributed by atoms with Gasteiger partial charge in [-0.05, 0) is 55.9 Å². The Kier molecular flexibility index (Phi) is 6.71. The molecule has 0 amide bonds. The molecule has 0 spiro atoms. The molecule has 0 aliphatic rings. The third kappa shape index (κ3) is 5.13. The Morgan fingerprint density at radius 2 is 1.70 bits per heavy atom. The van der Waals surface area contributed by atoms with Gasteiger partial charge in [-0.3, -0.25) is 4.79 Å². The number of carbonyl (C=O) groups excluding carboxylic acids is 1. The first-order valence-corrected chi connectivity index (χ1v) is 10.1. The van der Waals surface area contributed by atoms with Crippen LogP contribution in [-0.2, 0) is 4.79 Å². The number of ketones is 1. The quantitative estimate of drug-likeness (QED) is 0.494. The summed E-state index contributed by atoms with van der Waals surface area (Å²) in [5.41, 5.74) is 0.323. The van der Waals surface area contributed by atoms with Gasteiger partial charge >= 0.3 is 5.97 Å². The smallest absolute Gasteiger partial charge is 0.347 e. The van der Waals surface area contributed by atoms with Crippen molar-refractivity contribution < 1.29 is 19.4 Å². The average Bonchev–Trinajstić information content (AvgIpc) is 2.66. The van der Waals surface area contributed by atoms with Gasteiger partial charge < -0.3 is 9.84 Å². The molecular formula is C22H26O4S. The highest BCUT2D eigenvalue weighted by Gasteiger charge is 2.30. The molecule has 5 heteroatoms. The number of hydrogen-bond acceptors (Lipinski definition) is 4. The van der Waals surface area contributed by atoms with Gasteiger partial charge in [0.25, 0.3) is 0 Å². The van der Waals surface area contributed by atoms with Crippen molar-refractivity contribution in [2.75, 3.05) is 6.26 Å². The summed E-state index contributed by atoms with van der Waals surface area (Å²) in [6, 6.07) is 15.0. The summed E-state index contributed by atoms with van der Waals surface area (Å²) in [4.78, 5) is 25.2. The van der Waals surface area contributed by atoms with Crippen LogP contribution < -0.4 is 4.74 Å². The van der Waals surface area contributed by atoms with Gasteiger partial charge in [0.05, 0.1) is 0 Å². The van der Waals surface area contributed by atoms with Crippen LogP contribution >= 0.6 is 11.8 Å². The second kappa shape index (κ2) is 8.61. The summed E-state index contributed by atoms with van der Waals surface area (Å²) < 4.78 is 5.62. The second-order valence-electron chi connectivity index (χ2n) is 7.16. The highest BCUT2D eigenvalue weighted by atomic mass is 32.2. The summed E-state index contributed by atoms with van der Waals surface area (Å²) in [6.45, 7) is 6.94. The third-order valence-corrected chi connectivity index (χ3v) is 5.55. The molecule has 0 aliphatic carbocycles. The number of thioether (sulfide) groups is 1. The van der Waals surface area contributed by atoms with Crippen molar-refractivity contribution in [3.63, 3.8) is 0 Å². The van der Waals surface area contributed by atoms with Crippen molar-refractivity contribution in [2.45, 2.75) is 44.1 Å². The molecule has 2 unspecified atom stereocenters. The highest BCUT2D eigenvalue weighted by molar-refractivity contribution is 7.98. The molecule has 1 N–H and O–H groups in total. The third-order valence-electron chi connectivity index (χ3n) is 4.81. The molecule has 2 rings (SSSR count). The Morgan fingerprint density at radius 3 is 2.26 bits per heavy atom. The van der Waals surface area contributed by atoms with E-state index in [1.54, 1.807) is 17.8 Å². The van der Waals surface area contributed by atoms with Crippen molar-refractivity contribution in [1.82, 2.24) is 0 Å². The maximum atomic E-state index is 12.8. The van der Waals surface area contributed by atoms with Crippen LogP contribution in [0.3, 0.4) is 0 Å². The largest absolute Gasteiger partial charge is 0.478 e. The van der Waals surface area contributed by atoms with Crippen LogP contribution in [0, 0.1) is 5.92 Å². The van der Waals surface area contributed by atoms with Gasteiger partial charge in [0, 0.05) is 16.4 Å². The van der Waals surface area contributed by atoms with Gasteiger partial charge in [0.15, 0.2) is 11.4 Å². The van der Waals surface area contributed by atoms with E-state index in [2.05, 4.69) is 0 Å². The van der Waals surface area contributed by atoms with Crippen molar-refractivity contribution in [3.05, 3.63) is 59.7 Å². The number of aliphatic carboxylic acids is 1. The molecule has 0 heterocycles. The normalized spacial score (nSPS) is 13.7. The van der Waals surface area contributed by atoms with Crippen LogP contribution in [0.25, 0.3) is 0 Å². The molecule has 0 aromatic heterocycles. The first-order valence-electron chi connectivity index (χ1n) is 8.86. The zero-order valence-electron chi connectivity index (χ0n) is 16.4. The Bertz CT molecular complexity index is 811. The first-order chi connectivity index (χ1) is 12.7. The van der Waals surface area contributed by atoms with Gasteiger partial charge in [0.1, 0.15) is 5.75 Å². The Morgan fingerprint density at radius 1 is 1.07 bits per heavy atom. The van der Waals surface area contributed by atoms with Crippen molar-refractivity contribution in [1.29, 1.82) is 0 Å². The fraction of sp³-hybridized carbons (Fsp3) is 0.364. The molecule has 4 nitrogen and oxygen atoms in total. The molecule has 0 fully saturated rings. The van der Waals surface area contributed by atoms with E-state index in [0.717, 1.165) is 10.5 Å². The molecule has 2 aromatic carbocycles. The van der Waals surface area contributed by atoms with E-state index in [0.29, 0.717) is 11.3 Å². The molecule has 2 aromatic rings. The van der Waals surface area contributed by atoms with E-state index in [1.165, 1.54) is 13.8 Å². The molecule has 0 saturated carbocycles. The lowest BCUT2D eigenvalue weighted by Gasteiger charge is -2.24. The monoisotopic (exact) mass is 386 g/mol. The van der Waals surface area contributed by atoms with Gasteiger partial charge in [-0.25, -0.2) is 4.79 Å². The SMILES string of the molecule is CSc1ccc(C(=O)C(C)C(C)c2cccc(OC(C)(C)C(=O)O)c2)cc1. The molecule has 0 bridgehead atoms. The van der Waals surface area contributed by atoms with E-state index in [-0.39, 0.29) is 17.6 Å². The Balaban J connectivity index is 2.18. The van der Waals surface area contributed by atoms with E-state index in [9.17, 15) is 14.7 Å². The van der Waals surface area contributed by atoms with Crippen LogP contribution in [0.5, 0.6) is 5.75 Å². The van der Waals surface area contributed by atoms with Crippen LogP contribution in [0.1, 0.15) is 49.5 Å². The van der Waals surface area contributed by atoms with Gasteiger partial charge in [-0.1, -0.05) is 38.1 Å². The molecule has 144 valence electrons. The van der Waals surface area contributed by atoms with Crippen LogP contribution in [-0.4, -0.2) is 28.7 Å². The minimum absolute atomic E-state index is 0.0331.